The van der Waals surface area contributed by atoms with Gasteiger partial charge in [0, 0.05) is 0 Å². The van der Waals surface area contributed by atoms with Crippen molar-refractivity contribution in [1.29, 1.82) is 0 Å². The predicted molar refractivity (Wildman–Crippen MR) is 136 cm³/mol. The Bertz CT molecular complexity index is 1020. The Balaban J connectivity index is 2.02. The van der Waals surface area contributed by atoms with E-state index in [4.69, 9.17) is 0 Å². The Labute approximate surface area is 192 Å². The summed E-state index contributed by atoms with van der Waals surface area (Å²) in [7, 11) is -3.53. The average molecular weight is 520 g/mol. The summed E-state index contributed by atoms with van der Waals surface area (Å²) in [4.78, 5) is 12.0. The number of sulfonamides is 1. The van der Waals surface area contributed by atoms with E-state index in [-0.39, 0.29) is 6.42 Å². The van der Waals surface area contributed by atoms with Gasteiger partial charge in [-0.1, -0.05) is 0 Å². The van der Waals surface area contributed by atoms with E-state index in [9.17, 15) is 13.2 Å². The van der Waals surface area contributed by atoms with Crippen molar-refractivity contribution >= 4 is 52.6 Å². The molecule has 3 aromatic carbocycles. The van der Waals surface area contributed by atoms with Gasteiger partial charge in [0.2, 0.25) is 0 Å². The van der Waals surface area contributed by atoms with Crippen LogP contribution < -0.4 is 20.6 Å². The molecule has 0 fully saturated rings. The summed E-state index contributed by atoms with van der Waals surface area (Å²) in [6.07, 6.45) is 3.34. The van der Waals surface area contributed by atoms with Gasteiger partial charge in [-0.25, -0.2) is 0 Å². The second-order valence-corrected chi connectivity index (χ2v) is 18.5. The first-order valence-corrected chi connectivity index (χ1v) is 16.5. The van der Waals surface area contributed by atoms with Crippen LogP contribution in [0.25, 0.3) is 0 Å². The zero-order valence-corrected chi connectivity index (χ0v) is 20.7. The van der Waals surface area contributed by atoms with Crippen molar-refractivity contribution < 1.29 is 13.2 Å². The molecule has 0 aliphatic heterocycles. The third kappa shape index (κ3) is 5.25. The van der Waals surface area contributed by atoms with Gasteiger partial charge in [-0.2, -0.15) is 0 Å². The van der Waals surface area contributed by atoms with Crippen LogP contribution in [0.3, 0.4) is 0 Å². The van der Waals surface area contributed by atoms with Gasteiger partial charge in [0.05, 0.1) is 0 Å². The molecule has 0 radical (unpaired) electrons. The molecular weight excluding hydrogens is 493 g/mol. The van der Waals surface area contributed by atoms with E-state index in [2.05, 4.69) is 93.0 Å². The van der Waals surface area contributed by atoms with E-state index in [1.807, 2.05) is 18.2 Å². The van der Waals surface area contributed by atoms with E-state index in [0.29, 0.717) is 6.42 Å². The fourth-order valence-corrected chi connectivity index (χ4v) is 12.3. The molecule has 0 aliphatic rings. The van der Waals surface area contributed by atoms with Gasteiger partial charge in [-0.3, -0.25) is 0 Å². The quantitative estimate of drug-likeness (QED) is 0.342. The normalized spacial score (nSPS) is 13.2. The van der Waals surface area contributed by atoms with Crippen molar-refractivity contribution in [2.24, 2.45) is 0 Å². The van der Waals surface area contributed by atoms with Crippen LogP contribution in [0.5, 0.6) is 0 Å². The minimum atomic E-state index is -3.53. The number of rotatable bonds is 9. The first-order chi connectivity index (χ1) is 14.7. The monoisotopic (exact) mass is 519 g/mol. The van der Waals surface area contributed by atoms with Crippen LogP contribution in [0.1, 0.15) is 19.3 Å². The molecule has 0 atom stereocenters. The molecule has 0 unspecified atom stereocenters. The van der Waals surface area contributed by atoms with Gasteiger partial charge in [0.15, 0.2) is 0 Å². The van der Waals surface area contributed by atoms with Crippen molar-refractivity contribution in [2.75, 3.05) is 12.4 Å². The van der Waals surface area contributed by atoms with Crippen LogP contribution in [0.2, 0.25) is 0 Å². The zero-order chi connectivity index (χ0) is 22.4. The second-order valence-electron chi connectivity index (χ2n) is 7.67. The molecule has 0 spiro atoms. The number of amides is 1. The Morgan fingerprint density at radius 1 is 0.774 bits per heavy atom. The van der Waals surface area contributed by atoms with Gasteiger partial charge in [-0.05, 0) is 0 Å². The topological polar surface area (TPSA) is 63.2 Å². The van der Waals surface area contributed by atoms with Crippen molar-refractivity contribution in [1.82, 2.24) is 4.72 Å². The fraction of sp³-hybridized carbons (Fsp3) is 0.208. The van der Waals surface area contributed by atoms with Gasteiger partial charge in [0.25, 0.3) is 0 Å². The van der Waals surface area contributed by atoms with Gasteiger partial charge < -0.3 is 0 Å². The summed E-state index contributed by atoms with van der Waals surface area (Å²) in [5, 5.41) is 0.691. The molecule has 1 N–H and O–H groups in total. The molecule has 0 bridgehead atoms. The Morgan fingerprint density at radius 2 is 1.16 bits per heavy atom. The number of unbranched alkanes of at least 4 members (excludes halogenated alkanes) is 1. The SMILES string of the molecule is CS(=O)(=O)NC(=O)CCCCP(Br)(c1ccccc1)(c1ccccc1)c1ccccc1. The summed E-state index contributed by atoms with van der Waals surface area (Å²) < 4.78 is 24.7. The van der Waals surface area contributed by atoms with E-state index < -0.39 is 21.2 Å². The maximum absolute atomic E-state index is 12.0. The molecule has 7 heteroatoms. The minimum absolute atomic E-state index is 0.172. The molecule has 31 heavy (non-hydrogen) atoms. The third-order valence-corrected chi connectivity index (χ3v) is 16.0. The van der Waals surface area contributed by atoms with Crippen LogP contribution in [0, 0.1) is 0 Å². The molecule has 1 amide bonds. The number of carbonyl (C=O) groups is 1. The van der Waals surface area contributed by atoms with Crippen molar-refractivity contribution in [3.63, 3.8) is 0 Å². The number of benzene rings is 3. The van der Waals surface area contributed by atoms with Gasteiger partial charge in [0.1, 0.15) is 0 Å². The predicted octanol–water partition coefficient (Wildman–Crippen LogP) is 4.07. The molecule has 164 valence electrons. The van der Waals surface area contributed by atoms with Crippen LogP contribution >= 0.6 is 20.8 Å². The number of hydrogen-bond donors (Lipinski definition) is 1. The molecule has 4 nitrogen and oxygen atoms in total. The third-order valence-electron chi connectivity index (χ3n) is 5.41. The maximum atomic E-state index is 12.0. The number of halogens is 1. The summed E-state index contributed by atoms with van der Waals surface area (Å²) in [5.41, 5.74) is 0. The van der Waals surface area contributed by atoms with Crippen LogP contribution in [0.15, 0.2) is 91.0 Å². The summed E-state index contributed by atoms with van der Waals surface area (Å²) in [5.74, 6) is -0.462. The van der Waals surface area contributed by atoms with Crippen LogP contribution in [-0.4, -0.2) is 26.7 Å². The molecular formula is C24H27BrNO3PS. The Hall–Kier alpha value is -2.01. The first kappa shape index (κ1) is 23.6. The van der Waals surface area contributed by atoms with Crippen LogP contribution in [0.4, 0.5) is 0 Å². The van der Waals surface area contributed by atoms with E-state index in [1.165, 1.54) is 15.9 Å². The number of hydrogen-bond acceptors (Lipinski definition) is 3. The van der Waals surface area contributed by atoms with E-state index in [1.54, 1.807) is 0 Å². The number of nitrogens with one attached hydrogen (secondary N) is 1. The molecule has 0 saturated carbocycles. The molecule has 3 rings (SSSR count). The molecule has 3 aromatic rings. The number of carbonyl (C=O) groups excluding carboxylic acids is 1. The molecule has 0 aliphatic carbocycles. The van der Waals surface area contributed by atoms with Gasteiger partial charge in [-0.15, -0.1) is 0 Å². The van der Waals surface area contributed by atoms with Gasteiger partial charge >= 0.3 is 193 Å². The van der Waals surface area contributed by atoms with Crippen LogP contribution in [-0.2, 0) is 14.8 Å². The summed E-state index contributed by atoms with van der Waals surface area (Å²) in [6, 6.07) is 31.4. The first-order valence-electron chi connectivity index (χ1n) is 10.1. The molecule has 0 heterocycles. The molecule has 0 aromatic heterocycles. The standard InChI is InChI=1S/C24H27BrNO3PS/c1-31(28,29)26-24(27)19-11-12-20-30(25,21-13-5-2-6-14-21,22-15-7-3-8-16-22)23-17-9-4-10-18-23/h2-10,13-18H,11-12,19-20H2,1H3,(H,26,27). The van der Waals surface area contributed by atoms with E-state index >= 15 is 0 Å². The Kier molecular flexibility index (Phi) is 7.35. The second kappa shape index (κ2) is 9.64. The van der Waals surface area contributed by atoms with Crippen molar-refractivity contribution in [3.05, 3.63) is 91.0 Å². The van der Waals surface area contributed by atoms with Crippen molar-refractivity contribution in [2.45, 2.75) is 19.3 Å². The molecule has 0 saturated heterocycles. The summed E-state index contributed by atoms with van der Waals surface area (Å²) in [6.45, 7) is 0. The van der Waals surface area contributed by atoms with Crippen molar-refractivity contribution in [3.8, 4) is 0 Å². The average Bonchev–Trinajstić information content (AvgIpc) is 2.77. The zero-order valence-electron chi connectivity index (χ0n) is 17.4. The van der Waals surface area contributed by atoms with E-state index in [0.717, 1.165) is 18.8 Å². The fourth-order valence-electron chi connectivity index (χ4n) is 4.00. The summed E-state index contributed by atoms with van der Waals surface area (Å²) >= 11 is 4.37. The Morgan fingerprint density at radius 3 is 1.52 bits per heavy atom.